The first kappa shape index (κ1) is 20.9. The molecule has 0 unspecified atom stereocenters. The lowest BCUT2D eigenvalue weighted by molar-refractivity contribution is 0.102. The quantitative estimate of drug-likeness (QED) is 0.596. The van der Waals surface area contributed by atoms with E-state index in [4.69, 9.17) is 11.6 Å². The topological polar surface area (TPSA) is 51.1 Å². The molecule has 1 heterocycles. The maximum Gasteiger partial charge on any atom is 0.261 e. The molecule has 1 aromatic heterocycles. The second-order valence-corrected chi connectivity index (χ2v) is 7.63. The molecule has 5 heteroatoms. The molecule has 0 aliphatic carbocycles. The molecule has 150 valence electrons. The largest absolute Gasteiger partial charge is 0.343 e. The van der Waals surface area contributed by atoms with E-state index in [1.807, 2.05) is 20.8 Å². The van der Waals surface area contributed by atoms with Crippen LogP contribution in [0.15, 0.2) is 59.4 Å². The minimum Gasteiger partial charge on any atom is -0.343 e. The molecule has 3 aromatic rings. The summed E-state index contributed by atoms with van der Waals surface area (Å²) in [4.78, 5) is 25.9. The van der Waals surface area contributed by atoms with E-state index in [0.717, 1.165) is 23.4 Å². The fourth-order valence-corrected chi connectivity index (χ4v) is 3.60. The van der Waals surface area contributed by atoms with Crippen LogP contribution in [-0.2, 0) is 13.0 Å². The predicted molar refractivity (Wildman–Crippen MR) is 119 cm³/mol. The third-order valence-electron chi connectivity index (χ3n) is 4.92. The number of rotatable bonds is 6. The van der Waals surface area contributed by atoms with E-state index in [2.05, 4.69) is 34.1 Å². The fraction of sp³-hybridized carbons (Fsp3) is 0.250. The Bertz CT molecular complexity index is 1090. The molecule has 0 saturated carbocycles. The highest BCUT2D eigenvalue weighted by Crippen LogP contribution is 2.22. The lowest BCUT2D eigenvalue weighted by atomic mass is 10.0. The molecule has 0 aliphatic heterocycles. The maximum absolute atomic E-state index is 13.1. The van der Waals surface area contributed by atoms with Crippen molar-refractivity contribution in [1.29, 1.82) is 0 Å². The summed E-state index contributed by atoms with van der Waals surface area (Å²) < 4.78 is 2.07. The van der Waals surface area contributed by atoms with Crippen LogP contribution >= 0.6 is 11.6 Å². The molecule has 0 saturated heterocycles. The molecule has 2 aromatic carbocycles. The lowest BCUT2D eigenvalue weighted by Gasteiger charge is -2.20. The average molecular weight is 409 g/mol. The summed E-state index contributed by atoms with van der Waals surface area (Å²) in [6.45, 7) is 6.60. The van der Waals surface area contributed by atoms with Gasteiger partial charge in [-0.2, -0.15) is 0 Å². The molecule has 3 rings (SSSR count). The molecule has 1 N–H and O–H groups in total. The second kappa shape index (κ2) is 9.10. The molecule has 0 fully saturated rings. The first-order chi connectivity index (χ1) is 13.9. The van der Waals surface area contributed by atoms with Gasteiger partial charge in [0.1, 0.15) is 5.56 Å². The average Bonchev–Trinajstić information content (AvgIpc) is 2.68. The van der Waals surface area contributed by atoms with E-state index in [0.29, 0.717) is 23.7 Å². The first-order valence-electron chi connectivity index (χ1n) is 9.75. The Kier molecular flexibility index (Phi) is 6.55. The Morgan fingerprint density at radius 3 is 2.41 bits per heavy atom. The van der Waals surface area contributed by atoms with E-state index in [1.165, 1.54) is 11.6 Å². The minimum atomic E-state index is -0.427. The zero-order valence-electron chi connectivity index (χ0n) is 17.0. The normalized spacial score (nSPS) is 10.8. The van der Waals surface area contributed by atoms with Crippen molar-refractivity contribution in [3.05, 3.63) is 97.9 Å². The van der Waals surface area contributed by atoms with Gasteiger partial charge in [0.25, 0.3) is 5.91 Å². The number of nitrogens with zero attached hydrogens (tertiary/aromatic N) is 1. The Morgan fingerprint density at radius 2 is 1.76 bits per heavy atom. The van der Waals surface area contributed by atoms with Crippen molar-refractivity contribution in [2.45, 2.75) is 40.2 Å². The van der Waals surface area contributed by atoms with Gasteiger partial charge in [-0.25, -0.2) is 0 Å². The zero-order valence-corrected chi connectivity index (χ0v) is 17.7. The second-order valence-electron chi connectivity index (χ2n) is 7.23. The van der Waals surface area contributed by atoms with E-state index >= 15 is 0 Å². The van der Waals surface area contributed by atoms with Crippen LogP contribution < -0.4 is 10.7 Å². The van der Waals surface area contributed by atoms with Gasteiger partial charge >= 0.3 is 0 Å². The van der Waals surface area contributed by atoms with Crippen molar-refractivity contribution in [3.8, 4) is 0 Å². The standard InChI is InChI=1S/C24H25ClN2O2/c1-4-7-21-23(24(29)26-20-9-6-5-8-19(20)25)22(28)14-17(3)27(21)15-18-12-10-16(2)11-13-18/h5-6,8-14H,4,7,15H2,1-3H3,(H,26,29). The highest BCUT2D eigenvalue weighted by molar-refractivity contribution is 6.33. The molecule has 0 radical (unpaired) electrons. The van der Waals surface area contributed by atoms with Gasteiger partial charge in [-0.1, -0.05) is 66.9 Å². The number of hydrogen-bond acceptors (Lipinski definition) is 2. The summed E-state index contributed by atoms with van der Waals surface area (Å²) in [5, 5.41) is 3.24. The van der Waals surface area contributed by atoms with E-state index in [1.54, 1.807) is 24.3 Å². The number of benzene rings is 2. The van der Waals surface area contributed by atoms with Crippen LogP contribution in [0.4, 0.5) is 5.69 Å². The van der Waals surface area contributed by atoms with Crippen molar-refractivity contribution >= 4 is 23.2 Å². The first-order valence-corrected chi connectivity index (χ1v) is 10.1. The van der Waals surface area contributed by atoms with Gasteiger partial charge in [-0.15, -0.1) is 0 Å². The lowest BCUT2D eigenvalue weighted by Crippen LogP contribution is -2.28. The number of carbonyl (C=O) groups excluding carboxylic acids is 1. The van der Waals surface area contributed by atoms with Gasteiger partial charge in [-0.05, 0) is 38.0 Å². The third kappa shape index (κ3) is 4.77. The van der Waals surface area contributed by atoms with Crippen molar-refractivity contribution in [1.82, 2.24) is 4.57 Å². The third-order valence-corrected chi connectivity index (χ3v) is 5.25. The molecular formula is C24H25ClN2O2. The molecule has 1 amide bonds. The molecule has 29 heavy (non-hydrogen) atoms. The molecule has 0 aliphatic rings. The van der Waals surface area contributed by atoms with E-state index in [9.17, 15) is 9.59 Å². The number of anilines is 1. The van der Waals surface area contributed by atoms with Crippen LogP contribution in [0.1, 0.15) is 46.2 Å². The van der Waals surface area contributed by atoms with Gasteiger partial charge in [0, 0.05) is 24.0 Å². The molecule has 0 bridgehead atoms. The van der Waals surface area contributed by atoms with Crippen LogP contribution in [0.2, 0.25) is 5.02 Å². The Morgan fingerprint density at radius 1 is 1.07 bits per heavy atom. The molecule has 0 spiro atoms. The van der Waals surface area contributed by atoms with E-state index in [-0.39, 0.29) is 11.0 Å². The Hall–Kier alpha value is -2.85. The van der Waals surface area contributed by atoms with Crippen LogP contribution in [0.25, 0.3) is 0 Å². The number of halogens is 1. The van der Waals surface area contributed by atoms with Gasteiger partial charge in [0.15, 0.2) is 5.43 Å². The van der Waals surface area contributed by atoms with Crippen molar-refractivity contribution < 1.29 is 4.79 Å². The van der Waals surface area contributed by atoms with E-state index < -0.39 is 5.91 Å². The summed E-state index contributed by atoms with van der Waals surface area (Å²) in [6.07, 6.45) is 1.46. The number of nitrogens with one attached hydrogen (secondary N) is 1. The van der Waals surface area contributed by atoms with Gasteiger partial charge in [0.05, 0.1) is 10.7 Å². The monoisotopic (exact) mass is 408 g/mol. The number of hydrogen-bond donors (Lipinski definition) is 1. The predicted octanol–water partition coefficient (Wildman–Crippen LogP) is 5.37. The fourth-order valence-electron chi connectivity index (χ4n) is 3.41. The van der Waals surface area contributed by atoms with Crippen LogP contribution in [0.5, 0.6) is 0 Å². The molecular weight excluding hydrogens is 384 g/mol. The number of carbonyl (C=O) groups is 1. The molecule has 0 atom stereocenters. The minimum absolute atomic E-state index is 0.185. The van der Waals surface area contributed by atoms with Gasteiger partial charge < -0.3 is 9.88 Å². The van der Waals surface area contributed by atoms with Gasteiger partial charge in [0.2, 0.25) is 0 Å². The zero-order chi connectivity index (χ0) is 21.0. The maximum atomic E-state index is 13.1. The van der Waals surface area contributed by atoms with Crippen LogP contribution in [0.3, 0.4) is 0 Å². The van der Waals surface area contributed by atoms with Crippen LogP contribution in [0, 0.1) is 13.8 Å². The summed E-state index contributed by atoms with van der Waals surface area (Å²) in [5.41, 5.74) is 4.32. The number of aromatic nitrogens is 1. The summed E-state index contributed by atoms with van der Waals surface area (Å²) in [6, 6.07) is 16.8. The summed E-state index contributed by atoms with van der Waals surface area (Å²) in [7, 11) is 0. The Balaban J connectivity index is 2.06. The number of pyridine rings is 1. The van der Waals surface area contributed by atoms with Gasteiger partial charge in [-0.3, -0.25) is 9.59 Å². The highest BCUT2D eigenvalue weighted by atomic mass is 35.5. The highest BCUT2D eigenvalue weighted by Gasteiger charge is 2.20. The number of aryl methyl sites for hydroxylation is 2. The van der Waals surface area contributed by atoms with Crippen molar-refractivity contribution in [2.24, 2.45) is 0 Å². The summed E-state index contributed by atoms with van der Waals surface area (Å²) >= 11 is 6.18. The van der Waals surface area contributed by atoms with Crippen LogP contribution in [-0.4, -0.2) is 10.5 Å². The van der Waals surface area contributed by atoms with Crippen molar-refractivity contribution in [2.75, 3.05) is 5.32 Å². The van der Waals surface area contributed by atoms with Crippen molar-refractivity contribution in [3.63, 3.8) is 0 Å². The molecule has 4 nitrogen and oxygen atoms in total. The summed E-state index contributed by atoms with van der Waals surface area (Å²) in [5.74, 6) is -0.427. The SMILES string of the molecule is CCCc1c(C(=O)Nc2ccccc2Cl)c(=O)cc(C)n1Cc1ccc(C)cc1. The Labute approximate surface area is 176 Å². The smallest absolute Gasteiger partial charge is 0.261 e. The number of para-hydroxylation sites is 1. The number of amides is 1.